The highest BCUT2D eigenvalue weighted by Gasteiger charge is 2.01. The Hall–Kier alpha value is -0.900. The van der Waals surface area contributed by atoms with E-state index in [4.69, 9.17) is 0 Å². The summed E-state index contributed by atoms with van der Waals surface area (Å²) >= 11 is 5.29. The van der Waals surface area contributed by atoms with Crippen LogP contribution >= 0.6 is 27.3 Å². The molecule has 0 aliphatic heterocycles. The summed E-state index contributed by atoms with van der Waals surface area (Å²) in [6.07, 6.45) is 2.24. The summed E-state index contributed by atoms with van der Waals surface area (Å²) in [5.41, 5.74) is 2.62. The lowest BCUT2D eigenvalue weighted by atomic mass is 10.2. The van der Waals surface area contributed by atoms with E-state index < -0.39 is 0 Å². The molecule has 0 bridgehead atoms. The lowest BCUT2D eigenvalue weighted by Crippen LogP contribution is -2.08. The average molecular weight is 322 g/mol. The fourth-order valence-corrected chi connectivity index (χ4v) is 3.08. The molecule has 1 aromatic carbocycles. The van der Waals surface area contributed by atoms with Crippen LogP contribution in [0, 0.1) is 0 Å². The Labute approximate surface area is 121 Å². The zero-order valence-electron chi connectivity index (χ0n) is 10.5. The van der Waals surface area contributed by atoms with Crippen LogP contribution in [0.3, 0.4) is 0 Å². The molecule has 2 aromatic rings. The first-order valence-electron chi connectivity index (χ1n) is 5.86. The first-order valence-corrected chi connectivity index (χ1v) is 7.47. The summed E-state index contributed by atoms with van der Waals surface area (Å²) in [6, 6.07) is 12.8. The fourth-order valence-electron chi connectivity index (χ4n) is 1.77. The second-order valence-electron chi connectivity index (χ2n) is 4.23. The van der Waals surface area contributed by atoms with E-state index in [1.165, 1.54) is 20.9 Å². The van der Waals surface area contributed by atoms with Crippen LogP contribution in [0.25, 0.3) is 16.5 Å². The normalized spacial score (nSPS) is 11.8. The molecule has 0 saturated heterocycles. The highest BCUT2D eigenvalue weighted by atomic mass is 79.9. The van der Waals surface area contributed by atoms with E-state index in [0.29, 0.717) is 0 Å². The lowest BCUT2D eigenvalue weighted by molar-refractivity contribution is 0.885. The van der Waals surface area contributed by atoms with Crippen molar-refractivity contribution in [1.82, 2.24) is 5.32 Å². The predicted molar refractivity (Wildman–Crippen MR) is 85.0 cm³/mol. The standard InChI is InChI=1S/C15H16BrNS/c1-11(10-17-2)9-14-7-8-15(18-14)12-3-5-13(16)6-4-12/h3-9,17H,10H2,1-2H3. The third-order valence-corrected chi connectivity index (χ3v) is 4.21. The molecule has 0 atom stereocenters. The highest BCUT2D eigenvalue weighted by Crippen LogP contribution is 2.30. The number of hydrogen-bond acceptors (Lipinski definition) is 2. The molecule has 0 radical (unpaired) electrons. The molecule has 0 fully saturated rings. The Balaban J connectivity index is 2.20. The molecule has 18 heavy (non-hydrogen) atoms. The third-order valence-electron chi connectivity index (χ3n) is 2.60. The van der Waals surface area contributed by atoms with Crippen LogP contribution in [-0.2, 0) is 0 Å². The van der Waals surface area contributed by atoms with Gasteiger partial charge in [-0.2, -0.15) is 0 Å². The third kappa shape index (κ3) is 3.55. The smallest absolute Gasteiger partial charge is 0.0349 e. The zero-order chi connectivity index (χ0) is 13.0. The van der Waals surface area contributed by atoms with Crippen LogP contribution in [0.1, 0.15) is 11.8 Å². The Kier molecular flexibility index (Phi) is 4.75. The molecule has 1 N–H and O–H groups in total. The monoisotopic (exact) mass is 321 g/mol. The van der Waals surface area contributed by atoms with Crippen molar-refractivity contribution >= 4 is 33.3 Å². The Bertz CT molecular complexity index is 540. The minimum Gasteiger partial charge on any atom is -0.316 e. The van der Waals surface area contributed by atoms with Crippen molar-refractivity contribution in [2.24, 2.45) is 0 Å². The largest absolute Gasteiger partial charge is 0.316 e. The number of halogens is 1. The molecule has 94 valence electrons. The van der Waals surface area contributed by atoms with E-state index in [1.807, 2.05) is 18.4 Å². The van der Waals surface area contributed by atoms with Gasteiger partial charge in [0.1, 0.15) is 0 Å². The quantitative estimate of drug-likeness (QED) is 0.852. The summed E-state index contributed by atoms with van der Waals surface area (Å²) in [7, 11) is 1.97. The SMILES string of the molecule is CNCC(C)=Cc1ccc(-c2ccc(Br)cc2)s1. The topological polar surface area (TPSA) is 12.0 Å². The van der Waals surface area contributed by atoms with Gasteiger partial charge in [0.2, 0.25) is 0 Å². The van der Waals surface area contributed by atoms with E-state index >= 15 is 0 Å². The van der Waals surface area contributed by atoms with Crippen molar-refractivity contribution in [2.45, 2.75) is 6.92 Å². The van der Waals surface area contributed by atoms with E-state index in [2.05, 4.69) is 70.6 Å². The first-order chi connectivity index (χ1) is 8.69. The van der Waals surface area contributed by atoms with Gasteiger partial charge in [0.25, 0.3) is 0 Å². The van der Waals surface area contributed by atoms with Gasteiger partial charge in [-0.15, -0.1) is 11.3 Å². The molecule has 0 amide bonds. The van der Waals surface area contributed by atoms with Crippen LogP contribution < -0.4 is 5.32 Å². The molecule has 1 nitrogen and oxygen atoms in total. The van der Waals surface area contributed by atoms with Crippen molar-refractivity contribution in [1.29, 1.82) is 0 Å². The maximum absolute atomic E-state index is 3.46. The van der Waals surface area contributed by atoms with E-state index in [1.54, 1.807) is 0 Å². The molecule has 3 heteroatoms. The molecule has 1 aromatic heterocycles. The Morgan fingerprint density at radius 2 is 1.94 bits per heavy atom. The number of thiophene rings is 1. The Morgan fingerprint density at radius 3 is 2.61 bits per heavy atom. The van der Waals surface area contributed by atoms with Gasteiger partial charge >= 0.3 is 0 Å². The van der Waals surface area contributed by atoms with Crippen LogP contribution in [-0.4, -0.2) is 13.6 Å². The molecule has 0 unspecified atom stereocenters. The highest BCUT2D eigenvalue weighted by molar-refractivity contribution is 9.10. The first kappa shape index (κ1) is 13.5. The van der Waals surface area contributed by atoms with Gasteiger partial charge in [0, 0.05) is 20.8 Å². The number of nitrogens with one attached hydrogen (secondary N) is 1. The minimum absolute atomic E-state index is 0.936. The van der Waals surface area contributed by atoms with Crippen LogP contribution in [0.4, 0.5) is 0 Å². The molecule has 0 spiro atoms. The molecular formula is C15H16BrNS. The van der Waals surface area contributed by atoms with E-state index in [-0.39, 0.29) is 0 Å². The fraction of sp³-hybridized carbons (Fsp3) is 0.200. The second-order valence-corrected chi connectivity index (χ2v) is 6.26. The summed E-state index contributed by atoms with van der Waals surface area (Å²) in [6.45, 7) is 3.08. The molecule has 0 aliphatic rings. The minimum atomic E-state index is 0.936. The van der Waals surface area contributed by atoms with Crippen molar-refractivity contribution in [3.63, 3.8) is 0 Å². The number of benzene rings is 1. The van der Waals surface area contributed by atoms with Gasteiger partial charge in [0.05, 0.1) is 0 Å². The van der Waals surface area contributed by atoms with Gasteiger partial charge < -0.3 is 5.32 Å². The van der Waals surface area contributed by atoms with Crippen molar-refractivity contribution in [3.05, 3.63) is 51.3 Å². The molecular weight excluding hydrogens is 306 g/mol. The van der Waals surface area contributed by atoms with E-state index in [9.17, 15) is 0 Å². The van der Waals surface area contributed by atoms with Crippen LogP contribution in [0.15, 0.2) is 46.4 Å². The number of rotatable bonds is 4. The number of likely N-dealkylation sites (N-methyl/N-ethyl adjacent to an activating group) is 1. The lowest BCUT2D eigenvalue weighted by Gasteiger charge is -1.98. The van der Waals surface area contributed by atoms with Gasteiger partial charge in [-0.25, -0.2) is 0 Å². The van der Waals surface area contributed by atoms with Crippen molar-refractivity contribution in [3.8, 4) is 10.4 Å². The van der Waals surface area contributed by atoms with Crippen LogP contribution in [0.5, 0.6) is 0 Å². The molecule has 0 aliphatic carbocycles. The van der Waals surface area contributed by atoms with Crippen LogP contribution in [0.2, 0.25) is 0 Å². The maximum atomic E-state index is 3.46. The molecule has 1 heterocycles. The predicted octanol–water partition coefficient (Wildman–Crippen LogP) is 4.80. The van der Waals surface area contributed by atoms with E-state index in [0.717, 1.165) is 11.0 Å². The summed E-state index contributed by atoms with van der Waals surface area (Å²) in [4.78, 5) is 2.62. The van der Waals surface area contributed by atoms with Crippen molar-refractivity contribution in [2.75, 3.05) is 13.6 Å². The number of hydrogen-bond donors (Lipinski definition) is 1. The molecule has 2 rings (SSSR count). The maximum Gasteiger partial charge on any atom is 0.0349 e. The van der Waals surface area contributed by atoms with Gasteiger partial charge in [-0.3, -0.25) is 0 Å². The van der Waals surface area contributed by atoms with Crippen molar-refractivity contribution < 1.29 is 0 Å². The van der Waals surface area contributed by atoms with Gasteiger partial charge in [0.15, 0.2) is 0 Å². The Morgan fingerprint density at radius 1 is 1.22 bits per heavy atom. The van der Waals surface area contributed by atoms with Gasteiger partial charge in [-0.05, 0) is 49.9 Å². The van der Waals surface area contributed by atoms with Gasteiger partial charge in [-0.1, -0.05) is 33.6 Å². The zero-order valence-corrected chi connectivity index (χ0v) is 12.9. The molecule has 0 saturated carbocycles. The second kappa shape index (κ2) is 6.32. The summed E-state index contributed by atoms with van der Waals surface area (Å²) in [5, 5.41) is 3.16. The summed E-state index contributed by atoms with van der Waals surface area (Å²) in [5.74, 6) is 0. The average Bonchev–Trinajstić information content (AvgIpc) is 2.78. The summed E-state index contributed by atoms with van der Waals surface area (Å²) < 4.78 is 1.12.